The molecule has 4 heterocycles. The van der Waals surface area contributed by atoms with Crippen molar-refractivity contribution >= 4 is 98.9 Å². The summed E-state index contributed by atoms with van der Waals surface area (Å²) in [7, 11) is 0. The Balaban J connectivity index is 1.33. The molecular weight excluding hydrogens is 758 g/mol. The molecule has 12 aromatic rings. The zero-order valence-electron chi connectivity index (χ0n) is 31.2. The smallest absolute Gasteiger partial charge is 0.415 e. The predicted octanol–water partition coefficient (Wildman–Crippen LogP) is 15.5. The fourth-order valence-electron chi connectivity index (χ4n) is 9.38. The molecule has 0 aliphatic carbocycles. The van der Waals surface area contributed by atoms with Crippen LogP contribution in [0.2, 0.25) is 0 Å². The Morgan fingerprint density at radius 2 is 0.983 bits per heavy atom. The first-order chi connectivity index (χ1) is 29.4. The molecule has 0 fully saturated rings. The summed E-state index contributed by atoms with van der Waals surface area (Å²) in [5, 5.41) is 6.92. The van der Waals surface area contributed by atoms with Gasteiger partial charge in [-0.05, 0) is 48.0 Å². The van der Waals surface area contributed by atoms with Gasteiger partial charge in [0.05, 0.1) is 52.1 Å². The fourth-order valence-corrected chi connectivity index (χ4v) is 9.38. The van der Waals surface area contributed by atoms with E-state index in [1.807, 2.05) is 124 Å². The first-order valence-electron chi connectivity index (χ1n) is 19.2. The maximum atomic E-state index is 15.2. The van der Waals surface area contributed by atoms with Crippen molar-refractivity contribution in [2.75, 3.05) is 0 Å². The minimum absolute atomic E-state index is 0.0759. The summed E-state index contributed by atoms with van der Waals surface area (Å²) >= 11 is 0. The van der Waals surface area contributed by atoms with Crippen LogP contribution in [0.3, 0.4) is 0 Å². The standard InChI is InChI=1S/C51H25F3N4O2/c1-55-38-17-11-16-37(51(52,53)54)44(38)36-26-27-41(57-39-18-7-3-12-28(39)32-22-24-34-30-14-5-9-20-42(30)59-49(34)47(32)57)45(56-2)46(36)58-40-19-8-4-13-29(40)33-23-25-35-31-15-6-10-21-43(31)60-50(35)48(33)58/h3-27H. The van der Waals surface area contributed by atoms with E-state index in [9.17, 15) is 0 Å². The molecule has 0 unspecified atom stereocenters. The summed E-state index contributed by atoms with van der Waals surface area (Å²) in [6, 6.07) is 46.0. The van der Waals surface area contributed by atoms with E-state index in [1.165, 1.54) is 12.1 Å². The SMILES string of the molecule is [C-]#[N+]c1cccc(C(F)(F)F)c1-c1ccc(-n2c3ccccc3c3ccc4c5ccccc5oc4c32)c([N+]#[C-])c1-n1c2ccccc2c2ccc3c4ccccc4oc3c21. The van der Waals surface area contributed by atoms with Crippen LogP contribution in [0.25, 0.3) is 120 Å². The van der Waals surface area contributed by atoms with Crippen molar-refractivity contribution in [2.45, 2.75) is 6.18 Å². The molecule has 0 aliphatic rings. The van der Waals surface area contributed by atoms with E-state index < -0.39 is 11.7 Å². The van der Waals surface area contributed by atoms with Crippen LogP contribution >= 0.6 is 0 Å². The van der Waals surface area contributed by atoms with E-state index in [4.69, 9.17) is 22.0 Å². The van der Waals surface area contributed by atoms with Crippen LogP contribution in [0.4, 0.5) is 24.5 Å². The van der Waals surface area contributed by atoms with Gasteiger partial charge in [0.1, 0.15) is 11.2 Å². The number of fused-ring (bicyclic) bond motifs is 14. The number of alkyl halides is 3. The van der Waals surface area contributed by atoms with Crippen molar-refractivity contribution in [1.82, 2.24) is 9.13 Å². The molecule has 60 heavy (non-hydrogen) atoms. The van der Waals surface area contributed by atoms with Crippen molar-refractivity contribution in [1.29, 1.82) is 0 Å². The topological polar surface area (TPSA) is 44.9 Å². The number of furan rings is 2. The Bertz CT molecular complexity index is 3920. The first kappa shape index (κ1) is 33.8. The van der Waals surface area contributed by atoms with E-state index in [-0.39, 0.29) is 28.2 Å². The molecule has 0 N–H and O–H groups in total. The van der Waals surface area contributed by atoms with Gasteiger partial charge in [0.15, 0.2) is 16.9 Å². The third-order valence-corrected chi connectivity index (χ3v) is 11.8. The van der Waals surface area contributed by atoms with E-state index in [1.54, 1.807) is 12.1 Å². The van der Waals surface area contributed by atoms with Crippen LogP contribution in [0.1, 0.15) is 5.56 Å². The van der Waals surface area contributed by atoms with Gasteiger partial charge in [0, 0.05) is 48.7 Å². The van der Waals surface area contributed by atoms with Crippen LogP contribution in [0.5, 0.6) is 0 Å². The Morgan fingerprint density at radius 3 is 1.55 bits per heavy atom. The molecule has 12 rings (SSSR count). The third kappa shape index (κ3) is 4.46. The van der Waals surface area contributed by atoms with Crippen molar-refractivity contribution in [2.24, 2.45) is 0 Å². The minimum Gasteiger partial charge on any atom is -0.454 e. The highest BCUT2D eigenvalue weighted by molar-refractivity contribution is 6.24. The monoisotopic (exact) mass is 782 g/mol. The van der Waals surface area contributed by atoms with Crippen LogP contribution < -0.4 is 0 Å². The first-order valence-corrected chi connectivity index (χ1v) is 19.2. The van der Waals surface area contributed by atoms with Gasteiger partial charge in [-0.1, -0.05) is 109 Å². The maximum absolute atomic E-state index is 15.2. The van der Waals surface area contributed by atoms with Crippen molar-refractivity contribution < 1.29 is 22.0 Å². The Labute approximate surface area is 337 Å². The number of benzene rings is 8. The van der Waals surface area contributed by atoms with E-state index >= 15 is 13.2 Å². The Morgan fingerprint density at radius 1 is 0.467 bits per heavy atom. The number of hydrogen-bond acceptors (Lipinski definition) is 2. The van der Waals surface area contributed by atoms with Crippen molar-refractivity contribution in [3.8, 4) is 22.5 Å². The molecule has 0 atom stereocenters. The summed E-state index contributed by atoms with van der Waals surface area (Å²) in [4.78, 5) is 7.92. The highest BCUT2D eigenvalue weighted by atomic mass is 19.4. The summed E-state index contributed by atoms with van der Waals surface area (Å²) < 4.78 is 62.8. The van der Waals surface area contributed by atoms with Gasteiger partial charge >= 0.3 is 6.18 Å². The zero-order valence-corrected chi connectivity index (χ0v) is 31.2. The third-order valence-electron chi connectivity index (χ3n) is 11.8. The molecule has 0 bridgehead atoms. The minimum atomic E-state index is -4.82. The van der Waals surface area contributed by atoms with Gasteiger partial charge in [-0.25, -0.2) is 9.69 Å². The second-order valence-electron chi connectivity index (χ2n) is 14.8. The number of halogens is 3. The highest BCUT2D eigenvalue weighted by Gasteiger charge is 2.37. The highest BCUT2D eigenvalue weighted by Crippen LogP contribution is 2.52. The number of aromatic nitrogens is 2. The number of hydrogen-bond donors (Lipinski definition) is 0. The molecule has 0 saturated heterocycles. The average Bonchev–Trinajstić information content (AvgIpc) is 4.03. The summed E-state index contributed by atoms with van der Waals surface area (Å²) in [5.74, 6) is 0. The van der Waals surface area contributed by atoms with Crippen LogP contribution in [0.15, 0.2) is 160 Å². The number of para-hydroxylation sites is 4. The lowest BCUT2D eigenvalue weighted by Crippen LogP contribution is -2.09. The van der Waals surface area contributed by atoms with E-state index in [0.717, 1.165) is 54.7 Å². The second kappa shape index (κ2) is 12.1. The molecule has 0 spiro atoms. The van der Waals surface area contributed by atoms with Gasteiger partial charge in [-0.3, -0.25) is 0 Å². The van der Waals surface area contributed by atoms with Crippen molar-refractivity contribution in [3.05, 3.63) is 180 Å². The van der Waals surface area contributed by atoms with Gasteiger partial charge in [0.25, 0.3) is 0 Å². The van der Waals surface area contributed by atoms with Crippen LogP contribution in [-0.4, -0.2) is 9.13 Å². The van der Waals surface area contributed by atoms with Gasteiger partial charge in [0.2, 0.25) is 5.69 Å². The maximum Gasteiger partial charge on any atom is 0.415 e. The van der Waals surface area contributed by atoms with E-state index in [2.05, 4.69) is 15.8 Å². The summed E-state index contributed by atoms with van der Waals surface area (Å²) in [6.07, 6.45) is -4.82. The zero-order chi connectivity index (χ0) is 40.4. The second-order valence-corrected chi connectivity index (χ2v) is 14.8. The lowest BCUT2D eigenvalue weighted by molar-refractivity contribution is -0.137. The lowest BCUT2D eigenvalue weighted by Gasteiger charge is -2.23. The fraction of sp³-hybridized carbons (Fsp3) is 0.0196. The molecule has 0 radical (unpaired) electrons. The summed E-state index contributed by atoms with van der Waals surface area (Å²) in [6.45, 7) is 17.2. The molecule has 0 aliphatic heterocycles. The largest absolute Gasteiger partial charge is 0.454 e. The van der Waals surface area contributed by atoms with Crippen molar-refractivity contribution in [3.63, 3.8) is 0 Å². The molecule has 9 heteroatoms. The average molecular weight is 783 g/mol. The molecule has 6 nitrogen and oxygen atoms in total. The number of nitrogens with zero attached hydrogens (tertiary/aromatic N) is 4. The molecule has 4 aromatic heterocycles. The van der Waals surface area contributed by atoms with Crippen LogP contribution in [0, 0.1) is 13.1 Å². The Kier molecular flexibility index (Phi) is 6.84. The van der Waals surface area contributed by atoms with Gasteiger partial charge in [-0.15, -0.1) is 0 Å². The molecule has 282 valence electrons. The van der Waals surface area contributed by atoms with Crippen LogP contribution in [-0.2, 0) is 6.18 Å². The Hall–Kier alpha value is -8.27. The molecule has 0 amide bonds. The van der Waals surface area contributed by atoms with E-state index in [0.29, 0.717) is 44.6 Å². The lowest BCUT2D eigenvalue weighted by atomic mass is 9.94. The van der Waals surface area contributed by atoms with Gasteiger partial charge < -0.3 is 18.0 Å². The summed E-state index contributed by atoms with van der Waals surface area (Å²) in [5.41, 5.74) is 4.52. The predicted molar refractivity (Wildman–Crippen MR) is 233 cm³/mol. The molecule has 0 saturated carbocycles. The number of rotatable bonds is 3. The van der Waals surface area contributed by atoms with Gasteiger partial charge in [-0.2, -0.15) is 13.2 Å². The normalized spacial score (nSPS) is 12.2. The molecule has 8 aromatic carbocycles. The quantitative estimate of drug-likeness (QED) is 0.168. The molecular formula is C51H25F3N4O2.